The number of amides is 1. The summed E-state index contributed by atoms with van der Waals surface area (Å²) in [5, 5.41) is 3.40. The van der Waals surface area contributed by atoms with Crippen LogP contribution in [0.3, 0.4) is 0 Å². The zero-order chi connectivity index (χ0) is 16.5. The highest BCUT2D eigenvalue weighted by Gasteiger charge is 2.68. The summed E-state index contributed by atoms with van der Waals surface area (Å²) < 4.78 is 3.62. The van der Waals surface area contributed by atoms with Gasteiger partial charge in [0.1, 0.15) is 4.33 Å². The standard InChI is InChI=1S/C15H16Cl3NO3/c1-14(8-15(14,17)18)13(21)19-11(7-12(20)22-2)9-3-5-10(16)6-4-9/h3-6,11H,7-8H2,1-2H3,(H,19,21). The first-order valence-electron chi connectivity index (χ1n) is 6.71. The van der Waals surface area contributed by atoms with Crippen LogP contribution in [0.4, 0.5) is 0 Å². The van der Waals surface area contributed by atoms with Gasteiger partial charge in [-0.3, -0.25) is 9.59 Å². The lowest BCUT2D eigenvalue weighted by Crippen LogP contribution is -2.37. The van der Waals surface area contributed by atoms with Gasteiger partial charge in [-0.15, -0.1) is 23.2 Å². The van der Waals surface area contributed by atoms with Gasteiger partial charge in [-0.2, -0.15) is 0 Å². The Hall–Kier alpha value is -0.970. The Morgan fingerprint density at radius 2 is 1.86 bits per heavy atom. The highest BCUT2D eigenvalue weighted by atomic mass is 35.5. The van der Waals surface area contributed by atoms with E-state index in [1.165, 1.54) is 7.11 Å². The smallest absolute Gasteiger partial charge is 0.307 e. The Morgan fingerprint density at radius 1 is 1.32 bits per heavy atom. The van der Waals surface area contributed by atoms with E-state index in [1.54, 1.807) is 31.2 Å². The van der Waals surface area contributed by atoms with Crippen LogP contribution in [-0.2, 0) is 14.3 Å². The van der Waals surface area contributed by atoms with E-state index in [0.29, 0.717) is 11.4 Å². The number of rotatable bonds is 5. The normalized spacial score (nSPS) is 23.5. The maximum atomic E-state index is 12.4. The Kier molecular flexibility index (Phi) is 4.95. The molecule has 1 aromatic carbocycles. The summed E-state index contributed by atoms with van der Waals surface area (Å²) in [6, 6.07) is 6.36. The van der Waals surface area contributed by atoms with Crippen molar-refractivity contribution >= 4 is 46.7 Å². The molecular formula is C15H16Cl3NO3. The summed E-state index contributed by atoms with van der Waals surface area (Å²) in [5.74, 6) is -0.717. The van der Waals surface area contributed by atoms with Crippen molar-refractivity contribution < 1.29 is 14.3 Å². The van der Waals surface area contributed by atoms with Crippen molar-refractivity contribution in [2.75, 3.05) is 7.11 Å². The molecule has 0 radical (unpaired) electrons. The van der Waals surface area contributed by atoms with Crippen molar-refractivity contribution in [2.45, 2.75) is 30.1 Å². The van der Waals surface area contributed by atoms with Gasteiger partial charge in [0.15, 0.2) is 0 Å². The molecule has 0 spiro atoms. The molecule has 0 aliphatic heterocycles. The van der Waals surface area contributed by atoms with Gasteiger partial charge in [0.05, 0.1) is 25.0 Å². The van der Waals surface area contributed by atoms with Crippen molar-refractivity contribution in [3.63, 3.8) is 0 Å². The number of methoxy groups -OCH3 is 1. The van der Waals surface area contributed by atoms with Crippen LogP contribution in [0.25, 0.3) is 0 Å². The molecule has 1 saturated carbocycles. The van der Waals surface area contributed by atoms with Crippen LogP contribution in [0.15, 0.2) is 24.3 Å². The molecule has 1 aromatic rings. The Morgan fingerprint density at radius 3 is 2.32 bits per heavy atom. The first-order valence-corrected chi connectivity index (χ1v) is 7.84. The lowest BCUT2D eigenvalue weighted by molar-refractivity contribution is -0.141. The number of alkyl halides is 2. The summed E-state index contributed by atoms with van der Waals surface area (Å²) in [5.41, 5.74) is -0.0983. The molecule has 2 atom stereocenters. The summed E-state index contributed by atoms with van der Waals surface area (Å²) in [4.78, 5) is 24.0. The number of hydrogen-bond acceptors (Lipinski definition) is 3. The highest BCUT2D eigenvalue weighted by molar-refractivity contribution is 6.53. The lowest BCUT2D eigenvalue weighted by atomic mass is 10.0. The van der Waals surface area contributed by atoms with Crippen LogP contribution in [0, 0.1) is 5.41 Å². The van der Waals surface area contributed by atoms with Crippen LogP contribution >= 0.6 is 34.8 Å². The van der Waals surface area contributed by atoms with Crippen LogP contribution in [0.1, 0.15) is 31.4 Å². The average Bonchev–Trinajstić information content (AvgIpc) is 2.99. The van der Waals surface area contributed by atoms with Gasteiger partial charge in [0.25, 0.3) is 0 Å². The molecule has 0 bridgehead atoms. The molecule has 0 aromatic heterocycles. The Bertz CT molecular complexity index is 588. The number of esters is 1. The molecule has 1 fully saturated rings. The van der Waals surface area contributed by atoms with E-state index >= 15 is 0 Å². The zero-order valence-corrected chi connectivity index (χ0v) is 14.4. The van der Waals surface area contributed by atoms with E-state index in [1.807, 2.05) is 0 Å². The molecule has 7 heteroatoms. The van der Waals surface area contributed by atoms with Crippen molar-refractivity contribution in [3.8, 4) is 0 Å². The summed E-state index contributed by atoms with van der Waals surface area (Å²) in [6.45, 7) is 1.69. The molecule has 22 heavy (non-hydrogen) atoms. The quantitative estimate of drug-likeness (QED) is 0.641. The van der Waals surface area contributed by atoms with Gasteiger partial charge in [-0.05, 0) is 31.0 Å². The fraction of sp³-hybridized carbons (Fsp3) is 0.467. The summed E-state index contributed by atoms with van der Waals surface area (Å²) in [7, 11) is 1.30. The Labute approximate surface area is 144 Å². The largest absolute Gasteiger partial charge is 0.469 e. The zero-order valence-electron chi connectivity index (χ0n) is 12.2. The van der Waals surface area contributed by atoms with E-state index < -0.39 is 21.8 Å². The fourth-order valence-electron chi connectivity index (χ4n) is 2.16. The molecule has 1 N–H and O–H groups in total. The van der Waals surface area contributed by atoms with Crippen molar-refractivity contribution in [1.29, 1.82) is 0 Å². The van der Waals surface area contributed by atoms with Gasteiger partial charge >= 0.3 is 5.97 Å². The summed E-state index contributed by atoms with van der Waals surface area (Å²) in [6.07, 6.45) is 0.387. The molecule has 1 aliphatic carbocycles. The first-order chi connectivity index (χ1) is 10.2. The molecule has 2 unspecified atom stereocenters. The van der Waals surface area contributed by atoms with Crippen molar-refractivity contribution in [2.24, 2.45) is 5.41 Å². The second-order valence-electron chi connectivity index (χ2n) is 5.57. The number of benzene rings is 1. The predicted molar refractivity (Wildman–Crippen MR) is 86.1 cm³/mol. The van der Waals surface area contributed by atoms with E-state index in [0.717, 1.165) is 5.56 Å². The van der Waals surface area contributed by atoms with Crippen LogP contribution in [-0.4, -0.2) is 23.3 Å². The van der Waals surface area contributed by atoms with Crippen LogP contribution in [0.5, 0.6) is 0 Å². The summed E-state index contributed by atoms with van der Waals surface area (Å²) >= 11 is 17.9. The number of carbonyl (C=O) groups excluding carboxylic acids is 2. The van der Waals surface area contributed by atoms with E-state index in [2.05, 4.69) is 10.1 Å². The van der Waals surface area contributed by atoms with Gasteiger partial charge in [0, 0.05) is 5.02 Å². The molecule has 1 aliphatic rings. The maximum absolute atomic E-state index is 12.4. The predicted octanol–water partition coefficient (Wildman–Crippen LogP) is 3.64. The number of halogens is 3. The minimum absolute atomic E-state index is 0.0114. The van der Waals surface area contributed by atoms with E-state index in [-0.39, 0.29) is 12.3 Å². The molecule has 4 nitrogen and oxygen atoms in total. The maximum Gasteiger partial charge on any atom is 0.307 e. The molecule has 0 heterocycles. The van der Waals surface area contributed by atoms with Gasteiger partial charge in [0.2, 0.25) is 5.91 Å². The van der Waals surface area contributed by atoms with Crippen LogP contribution < -0.4 is 5.32 Å². The number of ether oxygens (including phenoxy) is 1. The third-order valence-electron chi connectivity index (χ3n) is 3.94. The molecule has 0 saturated heterocycles. The molecule has 2 rings (SSSR count). The van der Waals surface area contributed by atoms with Gasteiger partial charge < -0.3 is 10.1 Å². The number of hydrogen-bond donors (Lipinski definition) is 1. The topological polar surface area (TPSA) is 55.4 Å². The molecule has 1 amide bonds. The average molecular weight is 365 g/mol. The van der Waals surface area contributed by atoms with E-state index in [9.17, 15) is 9.59 Å². The molecule has 120 valence electrons. The fourth-order valence-corrected chi connectivity index (χ4v) is 2.99. The minimum atomic E-state index is -1.06. The van der Waals surface area contributed by atoms with Crippen molar-refractivity contribution in [3.05, 3.63) is 34.9 Å². The second-order valence-corrected chi connectivity index (χ2v) is 7.49. The molecular weight excluding hydrogens is 349 g/mol. The number of nitrogens with one attached hydrogen (secondary N) is 1. The van der Waals surface area contributed by atoms with Crippen molar-refractivity contribution in [1.82, 2.24) is 5.32 Å². The monoisotopic (exact) mass is 363 g/mol. The van der Waals surface area contributed by atoms with Gasteiger partial charge in [-0.1, -0.05) is 23.7 Å². The third kappa shape index (κ3) is 3.50. The SMILES string of the molecule is COC(=O)CC(NC(=O)C1(C)CC1(Cl)Cl)c1ccc(Cl)cc1. The van der Waals surface area contributed by atoms with E-state index in [4.69, 9.17) is 34.8 Å². The van der Waals surface area contributed by atoms with Gasteiger partial charge in [-0.25, -0.2) is 0 Å². The second kappa shape index (κ2) is 6.26. The van der Waals surface area contributed by atoms with Crippen LogP contribution in [0.2, 0.25) is 5.02 Å². The third-order valence-corrected chi connectivity index (χ3v) is 5.29. The number of carbonyl (C=O) groups is 2. The first kappa shape index (κ1) is 17.4. The Balaban J connectivity index is 2.16. The lowest BCUT2D eigenvalue weighted by Gasteiger charge is -2.21. The minimum Gasteiger partial charge on any atom is -0.469 e. The highest BCUT2D eigenvalue weighted by Crippen LogP contribution is 2.63.